The van der Waals surface area contributed by atoms with Crippen molar-refractivity contribution in [3.05, 3.63) is 28.2 Å². The molecule has 3 heteroatoms. The van der Waals surface area contributed by atoms with Crippen LogP contribution < -0.4 is 10.2 Å². The molecule has 1 N–H and O–H groups in total. The first-order valence-corrected chi connectivity index (χ1v) is 6.50. The molecule has 0 amide bonds. The summed E-state index contributed by atoms with van der Waals surface area (Å²) in [7, 11) is 2.14. The van der Waals surface area contributed by atoms with Crippen molar-refractivity contribution in [3.8, 4) is 0 Å². The summed E-state index contributed by atoms with van der Waals surface area (Å²) < 4.78 is 1.14. The van der Waals surface area contributed by atoms with Crippen LogP contribution in [0.5, 0.6) is 0 Å². The van der Waals surface area contributed by atoms with Crippen LogP contribution in [-0.2, 0) is 0 Å². The van der Waals surface area contributed by atoms with Gasteiger partial charge in [0.2, 0.25) is 0 Å². The van der Waals surface area contributed by atoms with E-state index in [-0.39, 0.29) is 0 Å². The minimum absolute atomic E-state index is 0.553. The van der Waals surface area contributed by atoms with Gasteiger partial charge in [0.1, 0.15) is 0 Å². The summed E-state index contributed by atoms with van der Waals surface area (Å²) in [5, 5.41) is 3.43. The van der Waals surface area contributed by atoms with Crippen LogP contribution in [0.2, 0.25) is 0 Å². The fraction of sp³-hybridized carbons (Fsp3) is 0.538. The van der Waals surface area contributed by atoms with E-state index in [4.69, 9.17) is 0 Å². The third-order valence-electron chi connectivity index (χ3n) is 2.58. The maximum Gasteiger partial charge on any atom is 0.0405 e. The maximum absolute atomic E-state index is 3.51. The number of hydrogen-bond donors (Lipinski definition) is 1. The first kappa shape index (κ1) is 13.5. The molecule has 2 nitrogen and oxygen atoms in total. The van der Waals surface area contributed by atoms with E-state index < -0.39 is 0 Å². The summed E-state index contributed by atoms with van der Waals surface area (Å²) in [5.74, 6) is 0. The van der Waals surface area contributed by atoms with Crippen molar-refractivity contribution in [2.45, 2.75) is 26.8 Å². The van der Waals surface area contributed by atoms with Crippen molar-refractivity contribution >= 4 is 21.6 Å². The molecule has 0 fully saturated rings. The van der Waals surface area contributed by atoms with Crippen molar-refractivity contribution < 1.29 is 0 Å². The van der Waals surface area contributed by atoms with Crippen LogP contribution in [0, 0.1) is 6.92 Å². The zero-order chi connectivity index (χ0) is 12.1. The van der Waals surface area contributed by atoms with Gasteiger partial charge in [0.05, 0.1) is 0 Å². The highest BCUT2D eigenvalue weighted by Crippen LogP contribution is 2.23. The van der Waals surface area contributed by atoms with Gasteiger partial charge in [-0.05, 0) is 24.6 Å². The van der Waals surface area contributed by atoms with E-state index >= 15 is 0 Å². The van der Waals surface area contributed by atoms with Crippen molar-refractivity contribution in [1.29, 1.82) is 0 Å². The molecule has 0 atom stereocenters. The van der Waals surface area contributed by atoms with Crippen LogP contribution in [0.3, 0.4) is 0 Å². The predicted molar refractivity (Wildman–Crippen MR) is 75.3 cm³/mol. The number of rotatable bonds is 5. The lowest BCUT2D eigenvalue weighted by Gasteiger charge is -2.22. The first-order chi connectivity index (χ1) is 7.50. The molecule has 90 valence electrons. The number of halogens is 1. The summed E-state index contributed by atoms with van der Waals surface area (Å²) >= 11 is 3.51. The maximum atomic E-state index is 3.51. The lowest BCUT2D eigenvalue weighted by molar-refractivity contribution is 0.589. The van der Waals surface area contributed by atoms with Crippen LogP contribution in [0.25, 0.3) is 0 Å². The fourth-order valence-electron chi connectivity index (χ4n) is 1.64. The molecule has 0 heterocycles. The van der Waals surface area contributed by atoms with Gasteiger partial charge in [0.25, 0.3) is 0 Å². The Bertz CT molecular complexity index is 337. The molecular formula is C13H21BrN2. The molecule has 0 radical (unpaired) electrons. The van der Waals surface area contributed by atoms with Crippen molar-refractivity contribution in [3.63, 3.8) is 0 Å². The Labute approximate surface area is 107 Å². The number of likely N-dealkylation sites (N-methyl/N-ethyl adjacent to an activating group) is 1. The molecule has 0 unspecified atom stereocenters. The summed E-state index contributed by atoms with van der Waals surface area (Å²) in [6.07, 6.45) is 0. The van der Waals surface area contributed by atoms with Gasteiger partial charge in [0, 0.05) is 36.3 Å². The third kappa shape index (κ3) is 4.14. The number of anilines is 1. The minimum atomic E-state index is 0.553. The van der Waals surface area contributed by atoms with E-state index in [1.165, 1.54) is 11.3 Å². The Kier molecular flexibility index (Phi) is 5.29. The molecular weight excluding hydrogens is 264 g/mol. The van der Waals surface area contributed by atoms with Crippen molar-refractivity contribution in [1.82, 2.24) is 5.32 Å². The van der Waals surface area contributed by atoms with Gasteiger partial charge in [-0.1, -0.05) is 35.8 Å². The van der Waals surface area contributed by atoms with E-state index in [1.54, 1.807) is 0 Å². The summed E-state index contributed by atoms with van der Waals surface area (Å²) in [6, 6.07) is 6.95. The molecule has 1 aromatic rings. The third-order valence-corrected chi connectivity index (χ3v) is 3.08. The second kappa shape index (κ2) is 6.26. The van der Waals surface area contributed by atoms with Crippen molar-refractivity contribution in [2.24, 2.45) is 0 Å². The Morgan fingerprint density at radius 1 is 1.38 bits per heavy atom. The van der Waals surface area contributed by atoms with Crippen LogP contribution in [0.15, 0.2) is 22.7 Å². The average molecular weight is 285 g/mol. The molecule has 1 rings (SSSR count). The van der Waals surface area contributed by atoms with Gasteiger partial charge in [0.15, 0.2) is 0 Å². The first-order valence-electron chi connectivity index (χ1n) is 5.71. The standard InChI is InChI=1S/C13H21BrN2/c1-10(2)15-7-8-16(4)13-9-12(14)6-5-11(13)3/h5-6,9-10,15H,7-8H2,1-4H3. The minimum Gasteiger partial charge on any atom is -0.373 e. The van der Waals surface area contributed by atoms with E-state index in [1.807, 2.05) is 0 Å². The second-order valence-corrected chi connectivity index (χ2v) is 5.38. The zero-order valence-electron chi connectivity index (χ0n) is 10.5. The lowest BCUT2D eigenvalue weighted by atomic mass is 10.2. The van der Waals surface area contributed by atoms with Gasteiger partial charge in [-0.3, -0.25) is 0 Å². The Morgan fingerprint density at radius 2 is 2.06 bits per heavy atom. The smallest absolute Gasteiger partial charge is 0.0405 e. The van der Waals surface area contributed by atoms with Crippen LogP contribution in [0.4, 0.5) is 5.69 Å². The molecule has 0 bridgehead atoms. The topological polar surface area (TPSA) is 15.3 Å². The highest BCUT2D eigenvalue weighted by molar-refractivity contribution is 9.10. The monoisotopic (exact) mass is 284 g/mol. The van der Waals surface area contributed by atoms with E-state index in [9.17, 15) is 0 Å². The molecule has 0 saturated heterocycles. The van der Waals surface area contributed by atoms with Crippen LogP contribution >= 0.6 is 15.9 Å². The molecule has 0 aliphatic heterocycles. The summed E-state index contributed by atoms with van der Waals surface area (Å²) in [4.78, 5) is 2.29. The number of nitrogens with one attached hydrogen (secondary N) is 1. The normalized spacial score (nSPS) is 10.9. The Balaban J connectivity index is 2.58. The molecule has 0 aliphatic carbocycles. The number of aryl methyl sites for hydroxylation is 1. The molecule has 16 heavy (non-hydrogen) atoms. The van der Waals surface area contributed by atoms with Crippen LogP contribution in [0.1, 0.15) is 19.4 Å². The Hall–Kier alpha value is -0.540. The lowest BCUT2D eigenvalue weighted by Crippen LogP contribution is -2.33. The highest BCUT2D eigenvalue weighted by atomic mass is 79.9. The van der Waals surface area contributed by atoms with E-state index in [2.05, 4.69) is 72.2 Å². The molecule has 1 aromatic carbocycles. The summed E-state index contributed by atoms with van der Waals surface area (Å²) in [5.41, 5.74) is 2.61. The van der Waals surface area contributed by atoms with Gasteiger partial charge in [-0.2, -0.15) is 0 Å². The number of nitrogens with zero attached hydrogens (tertiary/aromatic N) is 1. The SMILES string of the molecule is Cc1ccc(Br)cc1N(C)CCNC(C)C. The summed E-state index contributed by atoms with van der Waals surface area (Å²) in [6.45, 7) is 8.53. The van der Waals surface area contributed by atoms with Gasteiger partial charge in [-0.25, -0.2) is 0 Å². The quantitative estimate of drug-likeness (QED) is 0.893. The van der Waals surface area contributed by atoms with Gasteiger partial charge < -0.3 is 10.2 Å². The highest BCUT2D eigenvalue weighted by Gasteiger charge is 2.05. The fourth-order valence-corrected chi connectivity index (χ4v) is 1.98. The largest absolute Gasteiger partial charge is 0.373 e. The number of hydrogen-bond acceptors (Lipinski definition) is 2. The molecule has 0 aliphatic rings. The number of benzene rings is 1. The Morgan fingerprint density at radius 3 is 2.69 bits per heavy atom. The van der Waals surface area contributed by atoms with Crippen molar-refractivity contribution in [2.75, 3.05) is 25.0 Å². The van der Waals surface area contributed by atoms with Crippen LogP contribution in [-0.4, -0.2) is 26.2 Å². The van der Waals surface area contributed by atoms with Gasteiger partial charge >= 0.3 is 0 Å². The second-order valence-electron chi connectivity index (χ2n) is 4.46. The molecule has 0 spiro atoms. The molecule has 0 saturated carbocycles. The predicted octanol–water partition coefficient (Wildman–Crippen LogP) is 3.19. The van der Waals surface area contributed by atoms with E-state index in [0.717, 1.165) is 17.6 Å². The zero-order valence-corrected chi connectivity index (χ0v) is 12.1. The van der Waals surface area contributed by atoms with Gasteiger partial charge in [-0.15, -0.1) is 0 Å². The van der Waals surface area contributed by atoms with E-state index in [0.29, 0.717) is 6.04 Å². The average Bonchev–Trinajstić information content (AvgIpc) is 2.21. The molecule has 0 aromatic heterocycles.